The van der Waals surface area contributed by atoms with E-state index in [1.165, 1.54) is 0 Å². The van der Waals surface area contributed by atoms with Crippen LogP contribution in [0.3, 0.4) is 0 Å². The lowest BCUT2D eigenvalue weighted by Crippen LogP contribution is -2.15. The molecule has 0 aromatic carbocycles. The van der Waals surface area contributed by atoms with Gasteiger partial charge in [-0.2, -0.15) is 0 Å². The van der Waals surface area contributed by atoms with Crippen molar-refractivity contribution in [3.8, 4) is 0 Å². The molecule has 18 heavy (non-hydrogen) atoms. The maximum absolute atomic E-state index is 13.2. The van der Waals surface area contributed by atoms with Crippen molar-refractivity contribution in [2.45, 2.75) is 26.3 Å². The van der Waals surface area contributed by atoms with Gasteiger partial charge in [-0.3, -0.25) is 9.78 Å². The number of alkyl halides is 2. The molecule has 0 atom stereocenters. The number of nitrogens with two attached hydrogens (primary N) is 1. The number of esters is 1. The first-order valence-electron chi connectivity index (χ1n) is 5.31. The molecule has 0 saturated heterocycles. The zero-order valence-corrected chi connectivity index (χ0v) is 9.75. The summed E-state index contributed by atoms with van der Waals surface area (Å²) in [5.74, 6) is -1.75. The summed E-state index contributed by atoms with van der Waals surface area (Å²) in [4.78, 5) is 14.9. The number of ether oxygens (including phenoxy) is 1. The Hall–Kier alpha value is -1.63. The van der Waals surface area contributed by atoms with Crippen LogP contribution in [0, 0.1) is 5.82 Å². The summed E-state index contributed by atoms with van der Waals surface area (Å²) >= 11 is 0. The summed E-state index contributed by atoms with van der Waals surface area (Å²) in [6, 6.07) is 0. The van der Waals surface area contributed by atoms with Crippen LogP contribution in [0.1, 0.15) is 30.2 Å². The summed E-state index contributed by atoms with van der Waals surface area (Å²) in [6.45, 7) is 1.46. The fourth-order valence-corrected chi connectivity index (χ4v) is 1.55. The number of pyridine rings is 1. The molecule has 1 aromatic rings. The molecule has 100 valence electrons. The highest BCUT2D eigenvalue weighted by atomic mass is 19.3. The first kappa shape index (κ1) is 14.4. The molecule has 0 unspecified atom stereocenters. The summed E-state index contributed by atoms with van der Waals surface area (Å²) in [5.41, 5.74) is 4.40. The average Bonchev–Trinajstić information content (AvgIpc) is 2.30. The Morgan fingerprint density at radius 2 is 2.22 bits per heavy atom. The molecule has 1 rings (SSSR count). The molecular weight excluding hydrogens is 249 g/mol. The lowest BCUT2D eigenvalue weighted by molar-refractivity contribution is -0.142. The third-order valence-corrected chi connectivity index (χ3v) is 2.30. The minimum Gasteiger partial charge on any atom is -0.466 e. The highest BCUT2D eigenvalue weighted by Gasteiger charge is 2.22. The molecule has 0 aliphatic rings. The summed E-state index contributed by atoms with van der Waals surface area (Å²) in [6.07, 6.45) is -2.65. The first-order valence-corrected chi connectivity index (χ1v) is 5.31. The van der Waals surface area contributed by atoms with Gasteiger partial charge in [0.1, 0.15) is 0 Å². The number of carbonyl (C=O) groups excluding carboxylic acids is 1. The van der Waals surface area contributed by atoms with E-state index in [0.29, 0.717) is 6.20 Å². The normalized spacial score (nSPS) is 10.8. The smallest absolute Gasteiger partial charge is 0.311 e. The van der Waals surface area contributed by atoms with Gasteiger partial charge in [0.05, 0.1) is 30.5 Å². The van der Waals surface area contributed by atoms with Crippen molar-refractivity contribution in [3.05, 3.63) is 28.8 Å². The molecule has 0 aliphatic heterocycles. The molecule has 0 bridgehead atoms. The van der Waals surface area contributed by atoms with Crippen LogP contribution in [-0.2, 0) is 22.5 Å². The SMILES string of the molecule is CCOC(=O)Cc1ncc(F)c(C(F)F)c1CN. The minimum absolute atomic E-state index is 0.0210. The summed E-state index contributed by atoms with van der Waals surface area (Å²) in [5, 5.41) is 0. The maximum atomic E-state index is 13.2. The van der Waals surface area contributed by atoms with Gasteiger partial charge in [-0.1, -0.05) is 0 Å². The Labute approximate surface area is 102 Å². The molecule has 1 heterocycles. The highest BCUT2D eigenvalue weighted by Crippen LogP contribution is 2.27. The monoisotopic (exact) mass is 262 g/mol. The predicted molar refractivity (Wildman–Crippen MR) is 57.4 cm³/mol. The van der Waals surface area contributed by atoms with Crippen LogP contribution in [0.4, 0.5) is 13.2 Å². The third kappa shape index (κ3) is 3.19. The van der Waals surface area contributed by atoms with Crippen LogP contribution >= 0.6 is 0 Å². The van der Waals surface area contributed by atoms with E-state index < -0.39 is 23.8 Å². The second kappa shape index (κ2) is 6.34. The van der Waals surface area contributed by atoms with Crippen molar-refractivity contribution in [1.29, 1.82) is 0 Å². The molecule has 4 nitrogen and oxygen atoms in total. The number of hydrogen-bond donors (Lipinski definition) is 1. The largest absolute Gasteiger partial charge is 0.466 e. The van der Waals surface area contributed by atoms with E-state index in [1.54, 1.807) is 6.92 Å². The van der Waals surface area contributed by atoms with Crippen molar-refractivity contribution in [3.63, 3.8) is 0 Å². The summed E-state index contributed by atoms with van der Waals surface area (Å²) in [7, 11) is 0. The van der Waals surface area contributed by atoms with Gasteiger partial charge in [-0.25, -0.2) is 13.2 Å². The van der Waals surface area contributed by atoms with E-state index in [-0.39, 0.29) is 30.8 Å². The molecule has 0 fully saturated rings. The molecule has 2 N–H and O–H groups in total. The first-order chi connectivity index (χ1) is 8.51. The third-order valence-electron chi connectivity index (χ3n) is 2.30. The average molecular weight is 262 g/mol. The van der Waals surface area contributed by atoms with Gasteiger partial charge in [-0.05, 0) is 12.5 Å². The zero-order chi connectivity index (χ0) is 13.7. The molecule has 7 heteroatoms. The number of carbonyl (C=O) groups is 1. The number of nitrogens with zero attached hydrogens (tertiary/aromatic N) is 1. The molecule has 1 aromatic heterocycles. The maximum Gasteiger partial charge on any atom is 0.311 e. The lowest BCUT2D eigenvalue weighted by atomic mass is 10.0. The molecule has 0 saturated carbocycles. The Bertz CT molecular complexity index is 439. The van der Waals surface area contributed by atoms with Gasteiger partial charge >= 0.3 is 5.97 Å². The van der Waals surface area contributed by atoms with Crippen molar-refractivity contribution >= 4 is 5.97 Å². The molecule has 0 aliphatic carbocycles. The van der Waals surface area contributed by atoms with Crippen molar-refractivity contribution in [2.24, 2.45) is 5.73 Å². The fraction of sp³-hybridized carbons (Fsp3) is 0.455. The predicted octanol–water partition coefficient (Wildman–Crippen LogP) is 1.72. The summed E-state index contributed by atoms with van der Waals surface area (Å²) < 4.78 is 43.3. The highest BCUT2D eigenvalue weighted by molar-refractivity contribution is 5.72. The Morgan fingerprint density at radius 3 is 2.72 bits per heavy atom. The second-order valence-electron chi connectivity index (χ2n) is 3.43. The van der Waals surface area contributed by atoms with Crippen LogP contribution in [0.5, 0.6) is 0 Å². The van der Waals surface area contributed by atoms with E-state index in [1.807, 2.05) is 0 Å². The molecule has 0 spiro atoms. The molecular formula is C11H13F3N2O2. The topological polar surface area (TPSA) is 65.2 Å². The van der Waals surface area contributed by atoms with Gasteiger partial charge in [0.2, 0.25) is 0 Å². The number of aromatic nitrogens is 1. The Kier molecular flexibility index (Phi) is 5.08. The second-order valence-corrected chi connectivity index (χ2v) is 3.43. The van der Waals surface area contributed by atoms with E-state index >= 15 is 0 Å². The number of hydrogen-bond acceptors (Lipinski definition) is 4. The number of rotatable bonds is 5. The molecule has 0 radical (unpaired) electrons. The molecule has 0 amide bonds. The lowest BCUT2D eigenvalue weighted by Gasteiger charge is -2.12. The van der Waals surface area contributed by atoms with Gasteiger partial charge in [0.15, 0.2) is 5.82 Å². The number of halogens is 3. The zero-order valence-electron chi connectivity index (χ0n) is 9.75. The Morgan fingerprint density at radius 1 is 1.56 bits per heavy atom. The van der Waals surface area contributed by atoms with Crippen LogP contribution in [0.25, 0.3) is 0 Å². The van der Waals surface area contributed by atoms with E-state index in [9.17, 15) is 18.0 Å². The van der Waals surface area contributed by atoms with Crippen LogP contribution in [0.2, 0.25) is 0 Å². The van der Waals surface area contributed by atoms with Gasteiger partial charge in [0.25, 0.3) is 6.43 Å². The van der Waals surface area contributed by atoms with Crippen molar-refractivity contribution in [1.82, 2.24) is 4.98 Å². The van der Waals surface area contributed by atoms with Crippen LogP contribution in [0.15, 0.2) is 6.20 Å². The van der Waals surface area contributed by atoms with Gasteiger partial charge in [-0.15, -0.1) is 0 Å². The van der Waals surface area contributed by atoms with Crippen LogP contribution in [-0.4, -0.2) is 17.6 Å². The Balaban J connectivity index is 3.13. The standard InChI is InChI=1S/C11H13F3N2O2/c1-2-18-9(17)3-8-6(4-15)10(11(13)14)7(12)5-16-8/h5,11H,2-4,15H2,1H3. The van der Waals surface area contributed by atoms with E-state index in [4.69, 9.17) is 5.73 Å². The minimum atomic E-state index is -3.01. The van der Waals surface area contributed by atoms with Gasteiger partial charge < -0.3 is 10.5 Å². The van der Waals surface area contributed by atoms with Crippen molar-refractivity contribution in [2.75, 3.05) is 6.61 Å². The quantitative estimate of drug-likeness (QED) is 0.820. The van der Waals surface area contributed by atoms with Crippen molar-refractivity contribution < 1.29 is 22.7 Å². The van der Waals surface area contributed by atoms with Crippen LogP contribution < -0.4 is 5.73 Å². The van der Waals surface area contributed by atoms with Gasteiger partial charge in [0, 0.05) is 6.54 Å². The van der Waals surface area contributed by atoms with E-state index in [0.717, 1.165) is 0 Å². The fourth-order valence-electron chi connectivity index (χ4n) is 1.55. The van der Waals surface area contributed by atoms with E-state index in [2.05, 4.69) is 9.72 Å².